The van der Waals surface area contributed by atoms with Crippen LogP contribution in [0, 0.1) is 6.92 Å². The SMILES string of the molecule is Cc1cccc(-c2nnc(CO[C@@H](C)C(=O)O)o2)c1. The zero-order valence-corrected chi connectivity index (χ0v) is 10.7. The number of carboxylic acids is 1. The molecule has 6 heteroatoms. The standard InChI is InChI=1S/C13H14N2O4/c1-8-4-3-5-10(6-8)12-15-14-11(19-12)7-18-9(2)13(16)17/h3-6,9H,7H2,1-2H3,(H,16,17)/t9-/m0/s1. The average Bonchev–Trinajstić information content (AvgIpc) is 2.84. The van der Waals surface area contributed by atoms with E-state index in [2.05, 4.69) is 10.2 Å². The fourth-order valence-corrected chi connectivity index (χ4v) is 1.47. The molecule has 0 bridgehead atoms. The molecular formula is C13H14N2O4. The summed E-state index contributed by atoms with van der Waals surface area (Å²) in [6.45, 7) is 3.39. The molecule has 19 heavy (non-hydrogen) atoms. The number of ether oxygens (including phenoxy) is 1. The maximum absolute atomic E-state index is 10.6. The Balaban J connectivity index is 2.05. The summed E-state index contributed by atoms with van der Waals surface area (Å²) in [5.74, 6) is -0.381. The van der Waals surface area contributed by atoms with Crippen LogP contribution in [0.25, 0.3) is 11.5 Å². The van der Waals surface area contributed by atoms with Crippen molar-refractivity contribution in [3.8, 4) is 11.5 Å². The zero-order valence-electron chi connectivity index (χ0n) is 10.7. The van der Waals surface area contributed by atoms with Gasteiger partial charge in [0.15, 0.2) is 6.10 Å². The Bertz CT molecular complexity index is 580. The number of aliphatic carboxylic acids is 1. The molecule has 1 atom stereocenters. The second kappa shape index (κ2) is 5.62. The van der Waals surface area contributed by atoms with Gasteiger partial charge >= 0.3 is 5.97 Å². The largest absolute Gasteiger partial charge is 0.479 e. The quantitative estimate of drug-likeness (QED) is 0.887. The summed E-state index contributed by atoms with van der Waals surface area (Å²) in [7, 11) is 0. The van der Waals surface area contributed by atoms with Crippen LogP contribution in [-0.4, -0.2) is 27.4 Å². The highest BCUT2D eigenvalue weighted by Gasteiger charge is 2.14. The van der Waals surface area contributed by atoms with Crippen LogP contribution in [0.1, 0.15) is 18.4 Å². The third kappa shape index (κ3) is 3.38. The Morgan fingerprint density at radius 2 is 2.26 bits per heavy atom. The molecule has 1 N–H and O–H groups in total. The number of nitrogens with zero attached hydrogens (tertiary/aromatic N) is 2. The topological polar surface area (TPSA) is 85.5 Å². The highest BCUT2D eigenvalue weighted by Crippen LogP contribution is 2.19. The van der Waals surface area contributed by atoms with Crippen molar-refractivity contribution in [1.29, 1.82) is 0 Å². The van der Waals surface area contributed by atoms with Crippen LogP contribution in [0.4, 0.5) is 0 Å². The summed E-state index contributed by atoms with van der Waals surface area (Å²) >= 11 is 0. The average molecular weight is 262 g/mol. The van der Waals surface area contributed by atoms with Gasteiger partial charge in [-0.3, -0.25) is 0 Å². The van der Waals surface area contributed by atoms with Gasteiger partial charge in [0.05, 0.1) is 0 Å². The molecule has 0 amide bonds. The molecule has 6 nitrogen and oxygen atoms in total. The molecule has 1 heterocycles. The highest BCUT2D eigenvalue weighted by molar-refractivity contribution is 5.71. The van der Waals surface area contributed by atoms with E-state index in [1.54, 1.807) is 0 Å². The van der Waals surface area contributed by atoms with Crippen LogP contribution in [0.5, 0.6) is 0 Å². The van der Waals surface area contributed by atoms with Crippen LogP contribution < -0.4 is 0 Å². The monoisotopic (exact) mass is 262 g/mol. The first-order chi connectivity index (χ1) is 9.06. The predicted octanol–water partition coefficient (Wildman–Crippen LogP) is 2.03. The lowest BCUT2D eigenvalue weighted by Gasteiger charge is -2.04. The van der Waals surface area contributed by atoms with Gasteiger partial charge in [-0.15, -0.1) is 10.2 Å². The molecule has 2 rings (SSSR count). The molecule has 0 fully saturated rings. The minimum absolute atomic E-state index is 0.0215. The minimum atomic E-state index is -1.03. The molecule has 0 aliphatic carbocycles. The second-order valence-electron chi connectivity index (χ2n) is 4.16. The smallest absolute Gasteiger partial charge is 0.332 e. The summed E-state index contributed by atoms with van der Waals surface area (Å²) < 4.78 is 10.5. The van der Waals surface area contributed by atoms with Crippen LogP contribution in [0.2, 0.25) is 0 Å². The molecule has 0 saturated carbocycles. The number of aromatic nitrogens is 2. The van der Waals surface area contributed by atoms with Crippen molar-refractivity contribution in [3.63, 3.8) is 0 Å². The Hall–Kier alpha value is -2.21. The van der Waals surface area contributed by atoms with E-state index in [0.29, 0.717) is 5.89 Å². The van der Waals surface area contributed by atoms with Crippen molar-refractivity contribution in [2.24, 2.45) is 0 Å². The molecule has 0 unspecified atom stereocenters. The highest BCUT2D eigenvalue weighted by atomic mass is 16.5. The van der Waals surface area contributed by atoms with E-state index in [1.807, 2.05) is 31.2 Å². The number of carboxylic acid groups (broad SMARTS) is 1. The first-order valence-corrected chi connectivity index (χ1v) is 5.80. The van der Waals surface area contributed by atoms with E-state index in [9.17, 15) is 4.79 Å². The number of rotatable bonds is 5. The van der Waals surface area contributed by atoms with E-state index >= 15 is 0 Å². The normalized spacial score (nSPS) is 12.3. The van der Waals surface area contributed by atoms with Gasteiger partial charge in [0.25, 0.3) is 0 Å². The molecule has 0 aliphatic heterocycles. The Morgan fingerprint density at radius 1 is 1.47 bits per heavy atom. The Morgan fingerprint density at radius 3 is 2.95 bits per heavy atom. The first-order valence-electron chi connectivity index (χ1n) is 5.80. The van der Waals surface area contributed by atoms with Gasteiger partial charge in [0.2, 0.25) is 11.8 Å². The van der Waals surface area contributed by atoms with E-state index in [-0.39, 0.29) is 12.5 Å². The van der Waals surface area contributed by atoms with Gasteiger partial charge in [-0.05, 0) is 26.0 Å². The third-order valence-corrected chi connectivity index (χ3v) is 2.54. The van der Waals surface area contributed by atoms with Crippen molar-refractivity contribution in [3.05, 3.63) is 35.7 Å². The Labute approximate surface area is 110 Å². The molecule has 0 spiro atoms. The molecule has 1 aromatic carbocycles. The molecular weight excluding hydrogens is 248 g/mol. The number of benzene rings is 1. The van der Waals surface area contributed by atoms with Crippen LogP contribution in [0.15, 0.2) is 28.7 Å². The summed E-state index contributed by atoms with van der Waals surface area (Å²) in [4.78, 5) is 10.6. The first kappa shape index (κ1) is 13.2. The van der Waals surface area contributed by atoms with E-state index in [4.69, 9.17) is 14.3 Å². The van der Waals surface area contributed by atoms with Gasteiger partial charge in [-0.25, -0.2) is 4.79 Å². The fraction of sp³-hybridized carbons (Fsp3) is 0.308. The Kier molecular flexibility index (Phi) is 3.91. The maximum atomic E-state index is 10.6. The lowest BCUT2D eigenvalue weighted by Crippen LogP contribution is -2.19. The fourth-order valence-electron chi connectivity index (χ4n) is 1.47. The molecule has 100 valence electrons. The summed E-state index contributed by atoms with van der Waals surface area (Å²) in [5, 5.41) is 16.4. The molecule has 0 radical (unpaired) electrons. The number of hydrogen-bond donors (Lipinski definition) is 1. The van der Waals surface area contributed by atoms with E-state index in [1.165, 1.54) is 6.92 Å². The van der Waals surface area contributed by atoms with Gasteiger partial charge < -0.3 is 14.3 Å². The van der Waals surface area contributed by atoms with Crippen molar-refractivity contribution in [2.45, 2.75) is 26.6 Å². The number of hydrogen-bond acceptors (Lipinski definition) is 5. The summed E-state index contributed by atoms with van der Waals surface area (Å²) in [6, 6.07) is 7.67. The van der Waals surface area contributed by atoms with Gasteiger partial charge in [0, 0.05) is 5.56 Å². The van der Waals surface area contributed by atoms with E-state index in [0.717, 1.165) is 11.1 Å². The molecule has 2 aromatic rings. The predicted molar refractivity (Wildman–Crippen MR) is 66.4 cm³/mol. The van der Waals surface area contributed by atoms with Gasteiger partial charge in [-0.1, -0.05) is 17.7 Å². The van der Waals surface area contributed by atoms with Crippen molar-refractivity contribution in [2.75, 3.05) is 0 Å². The van der Waals surface area contributed by atoms with Crippen LogP contribution >= 0.6 is 0 Å². The van der Waals surface area contributed by atoms with Gasteiger partial charge in [0.1, 0.15) is 6.61 Å². The third-order valence-electron chi connectivity index (χ3n) is 2.54. The lowest BCUT2D eigenvalue weighted by atomic mass is 10.1. The van der Waals surface area contributed by atoms with Crippen molar-refractivity contribution >= 4 is 5.97 Å². The lowest BCUT2D eigenvalue weighted by molar-refractivity contribution is -0.150. The number of carbonyl (C=O) groups is 1. The molecule has 0 saturated heterocycles. The van der Waals surface area contributed by atoms with E-state index < -0.39 is 12.1 Å². The second-order valence-corrected chi connectivity index (χ2v) is 4.16. The van der Waals surface area contributed by atoms with Gasteiger partial charge in [-0.2, -0.15) is 0 Å². The molecule has 1 aromatic heterocycles. The summed E-state index contributed by atoms with van der Waals surface area (Å²) in [5.41, 5.74) is 1.91. The summed E-state index contributed by atoms with van der Waals surface area (Å²) in [6.07, 6.45) is -0.908. The zero-order chi connectivity index (χ0) is 13.8. The molecule has 0 aliphatic rings. The maximum Gasteiger partial charge on any atom is 0.332 e. The van der Waals surface area contributed by atoms with Crippen LogP contribution in [0.3, 0.4) is 0 Å². The number of aryl methyl sites for hydroxylation is 1. The van der Waals surface area contributed by atoms with Crippen molar-refractivity contribution in [1.82, 2.24) is 10.2 Å². The van der Waals surface area contributed by atoms with Crippen LogP contribution in [-0.2, 0) is 16.1 Å². The van der Waals surface area contributed by atoms with Crippen molar-refractivity contribution < 1.29 is 19.1 Å². The minimum Gasteiger partial charge on any atom is -0.479 e.